The van der Waals surface area contributed by atoms with Gasteiger partial charge in [0, 0.05) is 23.0 Å². The summed E-state index contributed by atoms with van der Waals surface area (Å²) in [7, 11) is 0. The Morgan fingerprint density at radius 3 is 2.90 bits per heavy atom. The van der Waals surface area contributed by atoms with E-state index in [4.69, 9.17) is 20.8 Å². The molecule has 4 rings (SSSR count). The third-order valence-corrected chi connectivity index (χ3v) is 5.40. The monoisotopic (exact) mass is 478 g/mol. The molecule has 2 aromatic carbocycles. The third kappa shape index (κ3) is 4.69. The third-order valence-electron chi connectivity index (χ3n) is 4.60. The average molecular weight is 480 g/mol. The molecule has 1 aromatic heterocycles. The van der Waals surface area contributed by atoms with Crippen LogP contribution in [0.4, 0.5) is 10.1 Å². The van der Waals surface area contributed by atoms with Crippen LogP contribution < -0.4 is 10.9 Å². The maximum atomic E-state index is 13.4. The van der Waals surface area contributed by atoms with Gasteiger partial charge in [-0.15, -0.1) is 0 Å². The first-order valence-corrected chi connectivity index (χ1v) is 10.3. The van der Waals surface area contributed by atoms with Crippen LogP contribution in [0.25, 0.3) is 11.0 Å². The minimum absolute atomic E-state index is 0.0115. The smallest absolute Gasteiger partial charge is 0.256 e. The summed E-state index contributed by atoms with van der Waals surface area (Å²) in [5.41, 5.74) is 1.22. The second-order valence-corrected chi connectivity index (χ2v) is 8.02. The van der Waals surface area contributed by atoms with E-state index >= 15 is 0 Å². The highest BCUT2D eigenvalue weighted by atomic mass is 79.9. The zero-order chi connectivity index (χ0) is 20.4. The van der Waals surface area contributed by atoms with Gasteiger partial charge in [-0.3, -0.25) is 4.79 Å². The predicted octanol–water partition coefficient (Wildman–Crippen LogP) is 5.13. The lowest BCUT2D eigenvalue weighted by Gasteiger charge is -2.11. The maximum absolute atomic E-state index is 13.4. The number of fused-ring (bicyclic) bond motifs is 1. The molecule has 29 heavy (non-hydrogen) atoms. The number of hydrogen-bond donors (Lipinski definition) is 1. The van der Waals surface area contributed by atoms with Gasteiger partial charge in [0.15, 0.2) is 0 Å². The summed E-state index contributed by atoms with van der Waals surface area (Å²) >= 11 is 9.52. The lowest BCUT2D eigenvalue weighted by molar-refractivity contribution is 0.0854. The predicted molar refractivity (Wildman–Crippen MR) is 112 cm³/mol. The van der Waals surface area contributed by atoms with Crippen LogP contribution in [-0.2, 0) is 4.74 Å². The molecular weight excluding hydrogens is 463 g/mol. The molecule has 1 atom stereocenters. The molecule has 0 radical (unpaired) electrons. The number of carbonyl (C=O) groups excluding carboxylic acids is 1. The molecule has 1 fully saturated rings. The number of rotatable bonds is 4. The molecule has 8 heteroatoms. The van der Waals surface area contributed by atoms with Gasteiger partial charge in [0.05, 0.1) is 16.8 Å². The fraction of sp³-hybridized carbons (Fsp3) is 0.238. The normalized spacial score (nSPS) is 17.1. The van der Waals surface area contributed by atoms with E-state index in [1.165, 1.54) is 12.1 Å². The number of amides is 1. The van der Waals surface area contributed by atoms with Crippen molar-refractivity contribution in [3.8, 4) is 0 Å². The highest BCUT2D eigenvalue weighted by Gasteiger charge is 2.19. The van der Waals surface area contributed by atoms with Crippen molar-refractivity contribution in [3.63, 3.8) is 0 Å². The van der Waals surface area contributed by atoms with Crippen LogP contribution in [0.15, 0.2) is 56.3 Å². The molecule has 3 aromatic rings. The zero-order valence-corrected chi connectivity index (χ0v) is 17.6. The number of carbonyl (C=O) groups is 1. The Labute approximate surface area is 179 Å². The number of benzene rings is 2. The summed E-state index contributed by atoms with van der Waals surface area (Å²) < 4.78 is 25.7. The van der Waals surface area contributed by atoms with Gasteiger partial charge < -0.3 is 14.5 Å². The molecule has 1 aliphatic rings. The van der Waals surface area contributed by atoms with Crippen LogP contribution in [0.3, 0.4) is 0 Å². The van der Waals surface area contributed by atoms with Crippen molar-refractivity contribution < 1.29 is 18.3 Å². The molecule has 1 N–H and O–H groups in total. The van der Waals surface area contributed by atoms with Crippen LogP contribution in [0.1, 0.15) is 23.2 Å². The van der Waals surface area contributed by atoms with Crippen LogP contribution in [0.5, 0.6) is 0 Å². The molecule has 1 aliphatic heterocycles. The molecule has 1 saturated heterocycles. The summed E-state index contributed by atoms with van der Waals surface area (Å²) in [5, 5.41) is 3.75. The van der Waals surface area contributed by atoms with Crippen LogP contribution in [0, 0.1) is 5.82 Å². The van der Waals surface area contributed by atoms with Gasteiger partial charge in [-0.05, 0) is 55.3 Å². The first kappa shape index (κ1) is 20.1. The molecule has 0 bridgehead atoms. The van der Waals surface area contributed by atoms with Crippen LogP contribution >= 0.6 is 27.5 Å². The molecule has 5 nitrogen and oxygen atoms in total. The van der Waals surface area contributed by atoms with Crippen molar-refractivity contribution in [1.82, 2.24) is 5.32 Å². The number of nitrogens with zero attached hydrogens (tertiary/aromatic N) is 1. The first-order chi connectivity index (χ1) is 14.0. The molecule has 150 valence electrons. The van der Waals surface area contributed by atoms with E-state index in [0.29, 0.717) is 24.4 Å². The van der Waals surface area contributed by atoms with Crippen molar-refractivity contribution in [2.45, 2.75) is 18.9 Å². The largest absolute Gasteiger partial charge is 0.438 e. The highest BCUT2D eigenvalue weighted by molar-refractivity contribution is 9.10. The first-order valence-electron chi connectivity index (χ1n) is 9.12. The second-order valence-electron chi connectivity index (χ2n) is 6.70. The van der Waals surface area contributed by atoms with Gasteiger partial charge in [0.2, 0.25) is 5.55 Å². The van der Waals surface area contributed by atoms with Crippen molar-refractivity contribution in [2.75, 3.05) is 13.2 Å². The number of nitrogens with one attached hydrogen (secondary N) is 1. The quantitative estimate of drug-likeness (QED) is 0.564. The SMILES string of the molecule is O=C(NCC1CCCO1)c1cc2cc(Br)ccc2oc1=Nc1ccc(F)cc1Cl. The Balaban J connectivity index is 1.78. The standard InChI is InChI=1S/C21H17BrClFN2O3/c22-13-3-6-19-12(8-13)9-16(20(27)25-11-15-2-1-7-28-15)21(29-19)26-18-5-4-14(24)10-17(18)23/h3-6,8-10,15H,1-2,7,11H2,(H,25,27). The maximum Gasteiger partial charge on any atom is 0.256 e. The molecule has 2 heterocycles. The van der Waals surface area contributed by atoms with Gasteiger partial charge in [0.1, 0.15) is 17.0 Å². The lowest BCUT2D eigenvalue weighted by Crippen LogP contribution is -2.34. The van der Waals surface area contributed by atoms with Crippen LogP contribution in [0.2, 0.25) is 5.02 Å². The van der Waals surface area contributed by atoms with Crippen molar-refractivity contribution in [3.05, 3.63) is 68.9 Å². The van der Waals surface area contributed by atoms with E-state index in [2.05, 4.69) is 26.2 Å². The summed E-state index contributed by atoms with van der Waals surface area (Å²) in [6.45, 7) is 1.12. The van der Waals surface area contributed by atoms with Gasteiger partial charge in [-0.2, -0.15) is 0 Å². The van der Waals surface area contributed by atoms with E-state index < -0.39 is 5.82 Å². The van der Waals surface area contributed by atoms with E-state index in [1.54, 1.807) is 12.1 Å². The Bertz CT molecular complexity index is 1140. The molecule has 1 unspecified atom stereocenters. The summed E-state index contributed by atoms with van der Waals surface area (Å²) in [5.74, 6) is -0.799. The Hall–Kier alpha value is -2.22. The molecule has 0 aliphatic carbocycles. The molecule has 0 spiro atoms. The Kier molecular flexibility index (Phi) is 5.99. The highest BCUT2D eigenvalue weighted by Crippen LogP contribution is 2.25. The van der Waals surface area contributed by atoms with E-state index in [-0.39, 0.29) is 28.2 Å². The molecular formula is C21H17BrClFN2O3. The van der Waals surface area contributed by atoms with Crippen molar-refractivity contribution >= 4 is 50.1 Å². The van der Waals surface area contributed by atoms with Gasteiger partial charge in [-0.1, -0.05) is 27.5 Å². The van der Waals surface area contributed by atoms with E-state index in [1.807, 2.05) is 12.1 Å². The number of ether oxygens (including phenoxy) is 1. The average Bonchev–Trinajstić information content (AvgIpc) is 3.21. The minimum Gasteiger partial charge on any atom is -0.438 e. The Morgan fingerprint density at radius 2 is 2.14 bits per heavy atom. The van der Waals surface area contributed by atoms with Gasteiger partial charge in [0.25, 0.3) is 5.91 Å². The summed E-state index contributed by atoms with van der Waals surface area (Å²) in [6.07, 6.45) is 1.92. The summed E-state index contributed by atoms with van der Waals surface area (Å²) in [6, 6.07) is 11.0. The van der Waals surface area contributed by atoms with Gasteiger partial charge >= 0.3 is 0 Å². The van der Waals surface area contributed by atoms with E-state index in [0.717, 1.165) is 28.8 Å². The minimum atomic E-state index is -0.469. The summed E-state index contributed by atoms with van der Waals surface area (Å²) in [4.78, 5) is 17.3. The second kappa shape index (κ2) is 8.65. The van der Waals surface area contributed by atoms with Crippen molar-refractivity contribution in [2.24, 2.45) is 4.99 Å². The fourth-order valence-corrected chi connectivity index (χ4v) is 3.72. The van der Waals surface area contributed by atoms with Crippen LogP contribution in [-0.4, -0.2) is 25.2 Å². The number of hydrogen-bond acceptors (Lipinski definition) is 4. The number of halogens is 3. The molecule has 1 amide bonds. The van der Waals surface area contributed by atoms with Crippen molar-refractivity contribution in [1.29, 1.82) is 0 Å². The Morgan fingerprint density at radius 1 is 1.28 bits per heavy atom. The lowest BCUT2D eigenvalue weighted by atomic mass is 10.1. The fourth-order valence-electron chi connectivity index (χ4n) is 3.14. The van der Waals surface area contributed by atoms with Gasteiger partial charge in [-0.25, -0.2) is 9.38 Å². The zero-order valence-electron chi connectivity index (χ0n) is 15.3. The topological polar surface area (TPSA) is 63.8 Å². The van der Waals surface area contributed by atoms with E-state index in [9.17, 15) is 9.18 Å². The molecule has 0 saturated carbocycles.